The number of hydrogen-bond acceptors (Lipinski definition) is 2. The molecule has 1 heterocycles. The number of nitrogens with zero attached hydrogens (tertiary/aromatic N) is 2. The van der Waals surface area contributed by atoms with Gasteiger partial charge in [0.1, 0.15) is 11.6 Å². The number of aromatic nitrogens is 2. The van der Waals surface area contributed by atoms with Crippen LogP contribution in [-0.4, -0.2) is 14.7 Å². The van der Waals surface area contributed by atoms with Crippen LogP contribution in [-0.2, 0) is 0 Å². The molecule has 0 aliphatic carbocycles. The summed E-state index contributed by atoms with van der Waals surface area (Å²) >= 11 is 0. The molecule has 0 aliphatic heterocycles. The van der Waals surface area contributed by atoms with Crippen molar-refractivity contribution < 1.29 is 5.11 Å². The highest BCUT2D eigenvalue weighted by molar-refractivity contribution is 5.38. The van der Waals surface area contributed by atoms with Crippen LogP contribution in [0.25, 0.3) is 5.69 Å². The second-order valence-electron chi connectivity index (χ2n) is 4.28. The standard InChI is InChI=1S/C13H16N2O/c1-9(2)13-14-10(3)8-15(13)11-4-6-12(16)7-5-11/h4-9,16H,1-3H3. The van der Waals surface area contributed by atoms with Gasteiger partial charge < -0.3 is 9.67 Å². The zero-order chi connectivity index (χ0) is 11.7. The monoisotopic (exact) mass is 216 g/mol. The molecule has 0 amide bonds. The largest absolute Gasteiger partial charge is 0.508 e. The zero-order valence-corrected chi connectivity index (χ0v) is 9.81. The lowest BCUT2D eigenvalue weighted by Gasteiger charge is -2.09. The van der Waals surface area contributed by atoms with Crippen LogP contribution in [0.5, 0.6) is 5.75 Å². The first kappa shape index (κ1) is 10.7. The van der Waals surface area contributed by atoms with Gasteiger partial charge in [-0.1, -0.05) is 13.8 Å². The van der Waals surface area contributed by atoms with Crippen molar-refractivity contribution in [1.82, 2.24) is 9.55 Å². The Morgan fingerprint density at radius 1 is 1.19 bits per heavy atom. The van der Waals surface area contributed by atoms with E-state index in [1.54, 1.807) is 12.1 Å². The third kappa shape index (κ3) is 1.94. The molecule has 0 aliphatic rings. The van der Waals surface area contributed by atoms with Crippen LogP contribution in [0.15, 0.2) is 30.5 Å². The molecule has 3 heteroatoms. The number of benzene rings is 1. The number of imidazole rings is 1. The number of aryl methyl sites for hydroxylation is 1. The number of aromatic hydroxyl groups is 1. The first-order valence-electron chi connectivity index (χ1n) is 5.43. The molecular formula is C13H16N2O. The SMILES string of the molecule is Cc1cn(-c2ccc(O)cc2)c(C(C)C)n1. The summed E-state index contributed by atoms with van der Waals surface area (Å²) in [6, 6.07) is 7.16. The molecule has 3 nitrogen and oxygen atoms in total. The van der Waals surface area contributed by atoms with E-state index in [1.165, 1.54) is 0 Å². The topological polar surface area (TPSA) is 38.0 Å². The van der Waals surface area contributed by atoms with E-state index >= 15 is 0 Å². The lowest BCUT2D eigenvalue weighted by molar-refractivity contribution is 0.475. The van der Waals surface area contributed by atoms with Crippen molar-refractivity contribution in [3.05, 3.63) is 42.0 Å². The van der Waals surface area contributed by atoms with E-state index in [4.69, 9.17) is 0 Å². The lowest BCUT2D eigenvalue weighted by Crippen LogP contribution is -2.01. The molecule has 0 unspecified atom stereocenters. The number of phenols is 1. The summed E-state index contributed by atoms with van der Waals surface area (Å²) < 4.78 is 2.07. The van der Waals surface area contributed by atoms with Crippen molar-refractivity contribution in [2.45, 2.75) is 26.7 Å². The summed E-state index contributed by atoms with van der Waals surface area (Å²) in [6.45, 7) is 6.24. The zero-order valence-electron chi connectivity index (χ0n) is 9.81. The summed E-state index contributed by atoms with van der Waals surface area (Å²) in [4.78, 5) is 4.51. The molecule has 2 aromatic rings. The molecule has 0 radical (unpaired) electrons. The molecule has 1 aromatic carbocycles. The Morgan fingerprint density at radius 2 is 1.81 bits per heavy atom. The van der Waals surface area contributed by atoms with Crippen LogP contribution in [0.4, 0.5) is 0 Å². The van der Waals surface area contributed by atoms with Crippen LogP contribution < -0.4 is 0 Å². The highest BCUT2D eigenvalue weighted by Gasteiger charge is 2.10. The first-order valence-corrected chi connectivity index (χ1v) is 5.43. The molecule has 16 heavy (non-hydrogen) atoms. The first-order chi connectivity index (χ1) is 7.58. The molecule has 1 N–H and O–H groups in total. The smallest absolute Gasteiger partial charge is 0.116 e. The van der Waals surface area contributed by atoms with Gasteiger partial charge in [-0.05, 0) is 31.2 Å². The van der Waals surface area contributed by atoms with Gasteiger partial charge in [-0.15, -0.1) is 0 Å². The Bertz CT molecular complexity index is 483. The summed E-state index contributed by atoms with van der Waals surface area (Å²) in [5, 5.41) is 9.26. The normalized spacial score (nSPS) is 11.0. The second-order valence-corrected chi connectivity index (χ2v) is 4.28. The van der Waals surface area contributed by atoms with Gasteiger partial charge in [0.05, 0.1) is 5.69 Å². The molecule has 0 saturated heterocycles. The number of phenolic OH excluding ortho intramolecular Hbond substituents is 1. The minimum absolute atomic E-state index is 0.284. The minimum Gasteiger partial charge on any atom is -0.508 e. The molecule has 0 spiro atoms. The van der Waals surface area contributed by atoms with Gasteiger partial charge in [-0.2, -0.15) is 0 Å². The van der Waals surface area contributed by atoms with Crippen molar-refractivity contribution in [2.24, 2.45) is 0 Å². The minimum atomic E-state index is 0.284. The van der Waals surface area contributed by atoms with E-state index in [-0.39, 0.29) is 5.75 Å². The molecular weight excluding hydrogens is 200 g/mol. The molecule has 0 bridgehead atoms. The van der Waals surface area contributed by atoms with Gasteiger partial charge in [0.2, 0.25) is 0 Å². The third-order valence-electron chi connectivity index (χ3n) is 2.50. The quantitative estimate of drug-likeness (QED) is 0.838. The Kier molecular flexibility index (Phi) is 2.69. The molecule has 0 fully saturated rings. The van der Waals surface area contributed by atoms with Crippen molar-refractivity contribution in [3.8, 4) is 11.4 Å². The summed E-state index contributed by atoms with van der Waals surface area (Å²) in [6.07, 6.45) is 2.02. The van der Waals surface area contributed by atoms with Gasteiger partial charge in [0.25, 0.3) is 0 Å². The molecule has 0 atom stereocenters. The van der Waals surface area contributed by atoms with Gasteiger partial charge in [0.15, 0.2) is 0 Å². The Hall–Kier alpha value is -1.77. The van der Waals surface area contributed by atoms with E-state index in [9.17, 15) is 5.11 Å². The van der Waals surface area contributed by atoms with Crippen molar-refractivity contribution in [2.75, 3.05) is 0 Å². The Morgan fingerprint density at radius 3 is 2.38 bits per heavy atom. The van der Waals surface area contributed by atoms with Gasteiger partial charge in [-0.3, -0.25) is 0 Å². The summed E-state index contributed by atoms with van der Waals surface area (Å²) in [7, 11) is 0. The maximum atomic E-state index is 9.26. The van der Waals surface area contributed by atoms with Crippen molar-refractivity contribution in [1.29, 1.82) is 0 Å². The van der Waals surface area contributed by atoms with E-state index in [0.717, 1.165) is 17.2 Å². The molecule has 84 valence electrons. The number of hydrogen-bond donors (Lipinski definition) is 1. The molecule has 2 rings (SSSR count). The van der Waals surface area contributed by atoms with Crippen LogP contribution in [0.3, 0.4) is 0 Å². The molecule has 0 saturated carbocycles. The summed E-state index contributed by atoms with van der Waals surface area (Å²) in [5.74, 6) is 1.71. The third-order valence-corrected chi connectivity index (χ3v) is 2.50. The lowest BCUT2D eigenvalue weighted by atomic mass is 10.2. The van der Waals surface area contributed by atoms with Gasteiger partial charge >= 0.3 is 0 Å². The second kappa shape index (κ2) is 4.00. The Labute approximate surface area is 95.4 Å². The predicted octanol–water partition coefficient (Wildman–Crippen LogP) is 3.01. The van der Waals surface area contributed by atoms with Crippen molar-refractivity contribution in [3.63, 3.8) is 0 Å². The average Bonchev–Trinajstić information content (AvgIpc) is 2.61. The van der Waals surface area contributed by atoms with Crippen LogP contribution in [0, 0.1) is 6.92 Å². The Balaban J connectivity index is 2.50. The van der Waals surface area contributed by atoms with E-state index in [1.807, 2.05) is 25.3 Å². The fourth-order valence-electron chi connectivity index (χ4n) is 1.74. The number of rotatable bonds is 2. The fourth-order valence-corrected chi connectivity index (χ4v) is 1.74. The highest BCUT2D eigenvalue weighted by atomic mass is 16.3. The van der Waals surface area contributed by atoms with Crippen LogP contribution in [0.2, 0.25) is 0 Å². The molecule has 1 aromatic heterocycles. The van der Waals surface area contributed by atoms with E-state index < -0.39 is 0 Å². The van der Waals surface area contributed by atoms with E-state index in [0.29, 0.717) is 5.92 Å². The average molecular weight is 216 g/mol. The predicted molar refractivity (Wildman–Crippen MR) is 64.1 cm³/mol. The maximum Gasteiger partial charge on any atom is 0.116 e. The fraction of sp³-hybridized carbons (Fsp3) is 0.308. The van der Waals surface area contributed by atoms with Crippen LogP contribution >= 0.6 is 0 Å². The van der Waals surface area contributed by atoms with Crippen molar-refractivity contribution >= 4 is 0 Å². The van der Waals surface area contributed by atoms with Gasteiger partial charge in [0, 0.05) is 17.8 Å². The summed E-state index contributed by atoms with van der Waals surface area (Å²) in [5.41, 5.74) is 2.04. The highest BCUT2D eigenvalue weighted by Crippen LogP contribution is 2.20. The maximum absolute atomic E-state index is 9.26. The van der Waals surface area contributed by atoms with E-state index in [2.05, 4.69) is 23.4 Å². The van der Waals surface area contributed by atoms with Crippen LogP contribution in [0.1, 0.15) is 31.3 Å². The van der Waals surface area contributed by atoms with Gasteiger partial charge in [-0.25, -0.2) is 4.98 Å².